The molecule has 0 fully saturated rings. The Morgan fingerprint density at radius 2 is 1.62 bits per heavy atom. The Hall–Kier alpha value is -4.62. The fourth-order valence-electron chi connectivity index (χ4n) is 4.97. The highest BCUT2D eigenvalue weighted by atomic mass is 32.1. The van der Waals surface area contributed by atoms with Crippen LogP contribution in [0.4, 0.5) is 10.8 Å². The number of benzene rings is 4. The highest BCUT2D eigenvalue weighted by Crippen LogP contribution is 2.40. The second-order valence-electron chi connectivity index (χ2n) is 9.74. The van der Waals surface area contributed by atoms with Crippen molar-refractivity contribution in [2.75, 3.05) is 5.01 Å². The predicted octanol–water partition coefficient (Wildman–Crippen LogP) is 8.36. The minimum Gasteiger partial charge on any atom is -0.258 e. The smallest absolute Gasteiger partial charge is 0.258 e. The summed E-state index contributed by atoms with van der Waals surface area (Å²) in [4.78, 5) is 16.1. The first kappa shape index (κ1) is 24.7. The number of hydrogen-bond donors (Lipinski definition) is 0. The molecule has 0 amide bonds. The molecule has 4 aromatic carbocycles. The number of nitro benzene ring substituents is 1. The number of non-ortho nitro benzene ring substituents is 1. The Morgan fingerprint density at radius 3 is 2.38 bits per heavy atom. The summed E-state index contributed by atoms with van der Waals surface area (Å²) in [6, 6.07) is 31.7. The summed E-state index contributed by atoms with van der Waals surface area (Å²) in [6.45, 7) is 4.16. The molecule has 39 heavy (non-hydrogen) atoms. The molecule has 1 aromatic heterocycles. The first-order chi connectivity index (χ1) is 19.0. The van der Waals surface area contributed by atoms with Gasteiger partial charge in [-0.25, -0.2) is 9.99 Å². The fraction of sp³-hybridized carbons (Fsp3) is 0.125. The van der Waals surface area contributed by atoms with Gasteiger partial charge in [-0.3, -0.25) is 10.1 Å². The number of nitrogens with zero attached hydrogens (tertiary/aromatic N) is 4. The molecule has 0 spiro atoms. The topological polar surface area (TPSA) is 71.6 Å². The normalized spacial score (nSPS) is 14.9. The molecule has 0 N–H and O–H groups in total. The van der Waals surface area contributed by atoms with Crippen LogP contribution in [0.2, 0.25) is 0 Å². The van der Waals surface area contributed by atoms with E-state index >= 15 is 0 Å². The Morgan fingerprint density at radius 1 is 0.872 bits per heavy atom. The predicted molar refractivity (Wildman–Crippen MR) is 158 cm³/mol. The summed E-state index contributed by atoms with van der Waals surface area (Å²) >= 11 is 1.53. The van der Waals surface area contributed by atoms with E-state index in [0.29, 0.717) is 6.42 Å². The number of thiazole rings is 1. The average Bonchev–Trinajstić information content (AvgIpc) is 3.63. The van der Waals surface area contributed by atoms with Gasteiger partial charge in [-0.1, -0.05) is 84.4 Å². The summed E-state index contributed by atoms with van der Waals surface area (Å²) in [5.74, 6) is 0. The maximum absolute atomic E-state index is 11.5. The maximum atomic E-state index is 11.5. The van der Waals surface area contributed by atoms with E-state index in [1.165, 1.54) is 28.5 Å². The van der Waals surface area contributed by atoms with E-state index in [1.54, 1.807) is 12.1 Å². The largest absolute Gasteiger partial charge is 0.269 e. The lowest BCUT2D eigenvalue weighted by molar-refractivity contribution is -0.384. The molecular weight excluding hydrogens is 504 g/mol. The Balaban J connectivity index is 1.36. The Bertz CT molecular complexity index is 1690. The van der Waals surface area contributed by atoms with Crippen LogP contribution in [0.5, 0.6) is 0 Å². The minimum absolute atomic E-state index is 0.0750. The van der Waals surface area contributed by atoms with Crippen LogP contribution >= 0.6 is 11.3 Å². The molecule has 0 aliphatic carbocycles. The first-order valence-electron chi connectivity index (χ1n) is 12.8. The molecule has 6 rings (SSSR count). The van der Waals surface area contributed by atoms with E-state index < -0.39 is 0 Å². The SMILES string of the molecule is Cc1ccc(C)c(C2=NN(c3nc(-c4ccc(-c5ccccc5)cc4)cs3)[C@H](c3cccc([N+](=O)[O-])c3)C2)c1. The number of anilines is 1. The fourth-order valence-corrected chi connectivity index (χ4v) is 5.80. The lowest BCUT2D eigenvalue weighted by Gasteiger charge is -2.21. The van der Waals surface area contributed by atoms with Gasteiger partial charge in [0, 0.05) is 35.1 Å². The molecule has 1 aliphatic rings. The lowest BCUT2D eigenvalue weighted by Crippen LogP contribution is -2.18. The van der Waals surface area contributed by atoms with Gasteiger partial charge >= 0.3 is 0 Å². The number of rotatable bonds is 6. The quantitative estimate of drug-likeness (QED) is 0.163. The van der Waals surface area contributed by atoms with Crippen molar-refractivity contribution in [1.82, 2.24) is 4.98 Å². The zero-order valence-electron chi connectivity index (χ0n) is 21.6. The van der Waals surface area contributed by atoms with Crippen molar-refractivity contribution in [3.63, 3.8) is 0 Å². The van der Waals surface area contributed by atoms with Crippen LogP contribution in [-0.2, 0) is 0 Å². The molecule has 5 aromatic rings. The number of aromatic nitrogens is 1. The number of hydrazone groups is 1. The van der Waals surface area contributed by atoms with Crippen molar-refractivity contribution in [3.05, 3.63) is 135 Å². The van der Waals surface area contributed by atoms with Gasteiger partial charge in [0.15, 0.2) is 0 Å². The van der Waals surface area contributed by atoms with Crippen molar-refractivity contribution < 1.29 is 4.92 Å². The standard InChI is InChI=1S/C32H26N4O2S/c1-21-11-12-22(2)28(17-21)29-19-31(26-9-6-10-27(18-26)36(37)38)35(34-29)32-33-30(20-39-32)25-15-13-24(14-16-25)23-7-4-3-5-8-23/h3-18,20,31H,19H2,1-2H3/t31-/m0/s1. The van der Waals surface area contributed by atoms with E-state index in [0.717, 1.165) is 44.4 Å². The summed E-state index contributed by atoms with van der Waals surface area (Å²) in [7, 11) is 0. The third-order valence-corrected chi connectivity index (χ3v) is 7.89. The monoisotopic (exact) mass is 530 g/mol. The van der Waals surface area contributed by atoms with Crippen LogP contribution in [0.1, 0.15) is 34.7 Å². The summed E-state index contributed by atoms with van der Waals surface area (Å²) < 4.78 is 0. The summed E-state index contributed by atoms with van der Waals surface area (Å²) in [6.07, 6.45) is 0.631. The van der Waals surface area contributed by atoms with E-state index in [2.05, 4.69) is 68.4 Å². The van der Waals surface area contributed by atoms with Gasteiger partial charge < -0.3 is 0 Å². The van der Waals surface area contributed by atoms with Crippen LogP contribution in [0.25, 0.3) is 22.4 Å². The number of hydrogen-bond acceptors (Lipinski definition) is 6. The highest BCUT2D eigenvalue weighted by Gasteiger charge is 2.33. The van der Waals surface area contributed by atoms with Gasteiger partial charge in [-0.05, 0) is 42.2 Å². The number of aryl methyl sites for hydroxylation is 2. The van der Waals surface area contributed by atoms with E-state index in [9.17, 15) is 10.1 Å². The van der Waals surface area contributed by atoms with Crippen molar-refractivity contribution in [3.8, 4) is 22.4 Å². The van der Waals surface area contributed by atoms with E-state index in [1.807, 2.05) is 34.7 Å². The van der Waals surface area contributed by atoms with Crippen molar-refractivity contribution >= 4 is 27.9 Å². The summed E-state index contributed by atoms with van der Waals surface area (Å²) in [5.41, 5.74) is 9.53. The third-order valence-electron chi connectivity index (χ3n) is 7.06. The van der Waals surface area contributed by atoms with Crippen LogP contribution in [0.3, 0.4) is 0 Å². The zero-order valence-corrected chi connectivity index (χ0v) is 22.4. The summed E-state index contributed by atoms with van der Waals surface area (Å²) in [5, 5.41) is 21.3. The van der Waals surface area contributed by atoms with Gasteiger partial charge in [0.25, 0.3) is 5.69 Å². The van der Waals surface area contributed by atoms with Crippen LogP contribution < -0.4 is 5.01 Å². The zero-order chi connectivity index (χ0) is 26.9. The molecular formula is C32H26N4O2S. The van der Waals surface area contributed by atoms with Gasteiger partial charge in [0.2, 0.25) is 5.13 Å². The van der Waals surface area contributed by atoms with Crippen LogP contribution in [-0.4, -0.2) is 15.6 Å². The molecule has 0 saturated carbocycles. The third kappa shape index (κ3) is 4.96. The molecule has 2 heterocycles. The first-order valence-corrected chi connectivity index (χ1v) is 13.6. The Kier molecular flexibility index (Phi) is 6.50. The minimum atomic E-state index is -0.351. The maximum Gasteiger partial charge on any atom is 0.269 e. The molecule has 1 atom stereocenters. The van der Waals surface area contributed by atoms with Crippen molar-refractivity contribution in [2.24, 2.45) is 5.10 Å². The van der Waals surface area contributed by atoms with Crippen molar-refractivity contribution in [1.29, 1.82) is 0 Å². The van der Waals surface area contributed by atoms with E-state index in [-0.39, 0.29) is 16.7 Å². The molecule has 1 aliphatic heterocycles. The van der Waals surface area contributed by atoms with Crippen molar-refractivity contribution in [2.45, 2.75) is 26.3 Å². The van der Waals surface area contributed by atoms with Gasteiger partial charge in [0.1, 0.15) is 0 Å². The lowest BCUT2D eigenvalue weighted by atomic mass is 9.95. The van der Waals surface area contributed by atoms with Gasteiger partial charge in [0.05, 0.1) is 22.4 Å². The molecule has 0 radical (unpaired) electrons. The molecule has 192 valence electrons. The van der Waals surface area contributed by atoms with E-state index in [4.69, 9.17) is 10.1 Å². The average molecular weight is 531 g/mol. The molecule has 0 saturated heterocycles. The number of nitro groups is 1. The Labute approximate surface area is 231 Å². The van der Waals surface area contributed by atoms with Gasteiger partial charge in [-0.15, -0.1) is 11.3 Å². The molecule has 6 nitrogen and oxygen atoms in total. The molecule has 0 bridgehead atoms. The second-order valence-corrected chi connectivity index (χ2v) is 10.6. The highest BCUT2D eigenvalue weighted by molar-refractivity contribution is 7.14. The molecule has 7 heteroatoms. The van der Waals surface area contributed by atoms with Gasteiger partial charge in [-0.2, -0.15) is 5.10 Å². The van der Waals surface area contributed by atoms with Crippen LogP contribution in [0, 0.1) is 24.0 Å². The molecule has 0 unspecified atom stereocenters. The van der Waals surface area contributed by atoms with Crippen LogP contribution in [0.15, 0.2) is 108 Å². The second kappa shape index (κ2) is 10.3.